The minimum absolute atomic E-state index is 0.273. The van der Waals surface area contributed by atoms with Crippen molar-refractivity contribution < 1.29 is 13.2 Å². The molecule has 0 radical (unpaired) electrons. The number of nitrogens with zero attached hydrogens (tertiary/aromatic N) is 5. The summed E-state index contributed by atoms with van der Waals surface area (Å²) in [5.41, 5.74) is 0.892. The molecule has 0 atom stereocenters. The van der Waals surface area contributed by atoms with Crippen LogP contribution in [0, 0.1) is 0 Å². The van der Waals surface area contributed by atoms with Gasteiger partial charge in [0.15, 0.2) is 5.82 Å². The lowest BCUT2D eigenvalue weighted by Crippen LogP contribution is -2.48. The molecule has 2 aliphatic heterocycles. The zero-order valence-corrected chi connectivity index (χ0v) is 18.2. The largest absolute Gasteiger partial charge is 0.378 e. The Morgan fingerprint density at radius 3 is 2.54 bits per heavy atom. The van der Waals surface area contributed by atoms with Crippen molar-refractivity contribution >= 4 is 49.0 Å². The molecule has 154 valence electrons. The number of morpholine rings is 1. The quantitative estimate of drug-likeness (QED) is 0.642. The summed E-state index contributed by atoms with van der Waals surface area (Å²) in [5, 5.41) is 0.273. The van der Waals surface area contributed by atoms with Crippen LogP contribution in [0.25, 0.3) is 10.2 Å². The van der Waals surface area contributed by atoms with Gasteiger partial charge in [-0.15, -0.1) is 11.3 Å². The highest BCUT2D eigenvalue weighted by Crippen LogP contribution is 2.33. The van der Waals surface area contributed by atoms with Crippen molar-refractivity contribution in [3.63, 3.8) is 0 Å². The summed E-state index contributed by atoms with van der Waals surface area (Å²) >= 11 is 7.88. The zero-order chi connectivity index (χ0) is 19.7. The van der Waals surface area contributed by atoms with E-state index in [9.17, 15) is 8.42 Å². The van der Waals surface area contributed by atoms with Crippen LogP contribution in [0.15, 0.2) is 6.07 Å². The van der Waals surface area contributed by atoms with Gasteiger partial charge in [0.05, 0.1) is 29.7 Å². The first-order chi connectivity index (χ1) is 13.4. The molecule has 0 N–H and O–H groups in total. The molecule has 0 aliphatic carbocycles. The first-order valence-corrected chi connectivity index (χ1v) is 12.4. The van der Waals surface area contributed by atoms with E-state index in [0.717, 1.165) is 55.2 Å². The second kappa shape index (κ2) is 8.37. The third-order valence-corrected chi connectivity index (χ3v) is 7.82. The number of fused-ring (bicyclic) bond motifs is 1. The van der Waals surface area contributed by atoms with E-state index >= 15 is 0 Å². The highest BCUT2D eigenvalue weighted by atomic mass is 35.5. The summed E-state index contributed by atoms with van der Waals surface area (Å²) in [4.78, 5) is 14.7. The molecule has 2 fully saturated rings. The van der Waals surface area contributed by atoms with Crippen LogP contribution in [0.3, 0.4) is 0 Å². The minimum atomic E-state index is -3.09. The van der Waals surface area contributed by atoms with Gasteiger partial charge in [-0.05, 0) is 24.1 Å². The first-order valence-electron chi connectivity index (χ1n) is 9.36. The normalized spacial score (nSPS) is 20.1. The monoisotopic (exact) mass is 445 g/mol. The summed E-state index contributed by atoms with van der Waals surface area (Å²) in [6.07, 6.45) is 2.18. The fraction of sp³-hybridized carbons (Fsp3) is 0.647. The lowest BCUT2D eigenvalue weighted by Gasteiger charge is -2.33. The molecule has 0 bridgehead atoms. The Morgan fingerprint density at radius 1 is 1.14 bits per heavy atom. The molecule has 2 aromatic heterocycles. The SMILES string of the molecule is CS(=O)(=O)N1CCN(CCc2cc3nc(Cl)nc(N4CCOCC4)c3s2)CC1. The first kappa shape index (κ1) is 20.2. The van der Waals surface area contributed by atoms with Gasteiger partial charge in [0, 0.05) is 50.7 Å². The average molecular weight is 446 g/mol. The third kappa shape index (κ3) is 4.58. The van der Waals surface area contributed by atoms with Crippen LogP contribution in [0.1, 0.15) is 4.88 Å². The molecule has 2 saturated heterocycles. The number of hydrogen-bond acceptors (Lipinski definition) is 8. The van der Waals surface area contributed by atoms with Gasteiger partial charge in [0.2, 0.25) is 15.3 Å². The molecule has 0 amide bonds. The van der Waals surface area contributed by atoms with Gasteiger partial charge in [0.1, 0.15) is 0 Å². The molecule has 2 aliphatic rings. The van der Waals surface area contributed by atoms with E-state index in [1.165, 1.54) is 11.1 Å². The molecule has 11 heteroatoms. The Bertz CT molecular complexity index is 938. The van der Waals surface area contributed by atoms with E-state index in [2.05, 4.69) is 25.8 Å². The smallest absolute Gasteiger partial charge is 0.224 e. The predicted molar refractivity (Wildman–Crippen MR) is 112 cm³/mol. The van der Waals surface area contributed by atoms with Gasteiger partial charge in [-0.25, -0.2) is 13.4 Å². The van der Waals surface area contributed by atoms with E-state index in [-0.39, 0.29) is 5.28 Å². The standard InChI is InChI=1S/C17H24ClN5O3S2/c1-28(24,25)23-6-4-21(5-7-23)3-2-13-12-14-15(27-13)16(20-17(18)19-14)22-8-10-26-11-9-22/h12H,2-11H2,1H3. The summed E-state index contributed by atoms with van der Waals surface area (Å²) in [6.45, 7) is 6.56. The summed E-state index contributed by atoms with van der Waals surface area (Å²) in [7, 11) is -3.09. The maximum Gasteiger partial charge on any atom is 0.224 e. The van der Waals surface area contributed by atoms with Gasteiger partial charge in [-0.1, -0.05) is 0 Å². The second-order valence-corrected chi connectivity index (χ2v) is 10.6. The van der Waals surface area contributed by atoms with Crippen LogP contribution in [0.4, 0.5) is 5.82 Å². The van der Waals surface area contributed by atoms with E-state index < -0.39 is 10.0 Å². The molecule has 0 unspecified atom stereocenters. The average Bonchev–Trinajstić information content (AvgIpc) is 3.09. The Hall–Kier alpha value is -1.04. The number of hydrogen-bond donors (Lipinski definition) is 0. The maximum absolute atomic E-state index is 11.6. The van der Waals surface area contributed by atoms with Gasteiger partial charge in [0.25, 0.3) is 0 Å². The molecule has 4 rings (SSSR count). The van der Waals surface area contributed by atoms with Crippen molar-refractivity contribution in [2.45, 2.75) is 6.42 Å². The number of aromatic nitrogens is 2. The van der Waals surface area contributed by atoms with Crippen LogP contribution in [0.2, 0.25) is 5.28 Å². The maximum atomic E-state index is 11.6. The number of ether oxygens (including phenoxy) is 1. The van der Waals surface area contributed by atoms with Crippen molar-refractivity contribution in [1.29, 1.82) is 0 Å². The lowest BCUT2D eigenvalue weighted by atomic mass is 10.3. The van der Waals surface area contributed by atoms with Crippen LogP contribution >= 0.6 is 22.9 Å². The number of piperazine rings is 1. The summed E-state index contributed by atoms with van der Waals surface area (Å²) < 4.78 is 31.3. The van der Waals surface area contributed by atoms with E-state index in [1.807, 2.05) is 0 Å². The zero-order valence-electron chi connectivity index (χ0n) is 15.8. The van der Waals surface area contributed by atoms with Gasteiger partial charge < -0.3 is 14.5 Å². The lowest BCUT2D eigenvalue weighted by molar-refractivity contribution is 0.122. The molecule has 4 heterocycles. The third-order valence-electron chi connectivity index (χ3n) is 5.16. The molecule has 0 saturated carbocycles. The van der Waals surface area contributed by atoms with Crippen molar-refractivity contribution in [2.24, 2.45) is 0 Å². The van der Waals surface area contributed by atoms with Crippen LogP contribution in [0.5, 0.6) is 0 Å². The Morgan fingerprint density at radius 2 is 1.86 bits per heavy atom. The Kier molecular flexibility index (Phi) is 6.05. The Labute approximate surface area is 174 Å². The van der Waals surface area contributed by atoms with Crippen LogP contribution < -0.4 is 4.90 Å². The number of halogens is 1. The van der Waals surface area contributed by atoms with Crippen molar-refractivity contribution in [2.75, 3.05) is 70.2 Å². The molecule has 2 aromatic rings. The molecule has 0 spiro atoms. The fourth-order valence-electron chi connectivity index (χ4n) is 3.60. The molecule has 8 nitrogen and oxygen atoms in total. The minimum Gasteiger partial charge on any atom is -0.378 e. The van der Waals surface area contributed by atoms with Crippen molar-refractivity contribution in [3.8, 4) is 0 Å². The number of anilines is 1. The number of rotatable bonds is 5. The molecular formula is C17H24ClN5O3S2. The second-order valence-electron chi connectivity index (χ2n) is 7.10. The highest BCUT2D eigenvalue weighted by molar-refractivity contribution is 7.88. The van der Waals surface area contributed by atoms with Gasteiger partial charge >= 0.3 is 0 Å². The van der Waals surface area contributed by atoms with Crippen molar-refractivity contribution in [1.82, 2.24) is 19.2 Å². The number of sulfonamides is 1. The molecule has 0 aromatic carbocycles. The van der Waals surface area contributed by atoms with E-state index in [4.69, 9.17) is 16.3 Å². The summed E-state index contributed by atoms with van der Waals surface area (Å²) in [5.74, 6) is 0.899. The van der Waals surface area contributed by atoms with Crippen LogP contribution in [-0.4, -0.2) is 92.9 Å². The fourth-order valence-corrected chi connectivity index (χ4v) is 5.70. The number of thiophene rings is 1. The van der Waals surface area contributed by atoms with Crippen molar-refractivity contribution in [3.05, 3.63) is 16.2 Å². The topological polar surface area (TPSA) is 78.9 Å². The van der Waals surface area contributed by atoms with Crippen LogP contribution in [-0.2, 0) is 21.2 Å². The molecular weight excluding hydrogens is 422 g/mol. The van der Waals surface area contributed by atoms with E-state index in [1.54, 1.807) is 15.6 Å². The molecule has 28 heavy (non-hydrogen) atoms. The van der Waals surface area contributed by atoms with Gasteiger partial charge in [-0.2, -0.15) is 9.29 Å². The highest BCUT2D eigenvalue weighted by Gasteiger charge is 2.23. The van der Waals surface area contributed by atoms with E-state index in [0.29, 0.717) is 26.3 Å². The van der Waals surface area contributed by atoms with Gasteiger partial charge in [-0.3, -0.25) is 0 Å². The predicted octanol–water partition coefficient (Wildman–Crippen LogP) is 1.30. The summed E-state index contributed by atoms with van der Waals surface area (Å²) in [6, 6.07) is 2.10. The Balaban J connectivity index is 1.44.